The minimum Gasteiger partial charge on any atom is -0.372 e. The highest BCUT2D eigenvalue weighted by Gasteiger charge is 2.27. The van der Waals surface area contributed by atoms with Crippen LogP contribution in [0.4, 0.5) is 13.2 Å². The average molecular weight is 268 g/mol. The van der Waals surface area contributed by atoms with Gasteiger partial charge in [0, 0.05) is 38.8 Å². The van der Waals surface area contributed by atoms with Crippen molar-refractivity contribution in [3.63, 3.8) is 0 Å². The molecule has 1 rings (SSSR count). The van der Waals surface area contributed by atoms with E-state index in [1.165, 1.54) is 0 Å². The summed E-state index contributed by atoms with van der Waals surface area (Å²) in [6, 6.07) is 0.520. The Balaban J connectivity index is 2.12. The maximum atomic E-state index is 11.9. The van der Waals surface area contributed by atoms with Gasteiger partial charge in [-0.15, -0.1) is 0 Å². The number of nitrogens with zero attached hydrogens (tertiary/aromatic N) is 1. The van der Waals surface area contributed by atoms with E-state index in [4.69, 9.17) is 0 Å². The van der Waals surface area contributed by atoms with Crippen molar-refractivity contribution in [3.8, 4) is 0 Å². The van der Waals surface area contributed by atoms with E-state index in [-0.39, 0.29) is 6.61 Å². The summed E-state index contributed by atoms with van der Waals surface area (Å²) in [5.41, 5.74) is 0. The molecular formula is C12H23F3N2O. The summed E-state index contributed by atoms with van der Waals surface area (Å²) in [5.74, 6) is 0. The third kappa shape index (κ3) is 6.56. The van der Waals surface area contributed by atoms with E-state index < -0.39 is 12.8 Å². The van der Waals surface area contributed by atoms with Crippen LogP contribution < -0.4 is 5.32 Å². The number of halogens is 3. The zero-order valence-corrected chi connectivity index (χ0v) is 10.9. The number of piperazine rings is 1. The van der Waals surface area contributed by atoms with Gasteiger partial charge in [-0.1, -0.05) is 13.3 Å². The number of ether oxygens (including phenoxy) is 1. The van der Waals surface area contributed by atoms with Gasteiger partial charge in [-0.3, -0.25) is 4.90 Å². The molecule has 1 atom stereocenters. The largest absolute Gasteiger partial charge is 0.411 e. The van der Waals surface area contributed by atoms with Crippen molar-refractivity contribution in [2.75, 3.05) is 39.4 Å². The minimum atomic E-state index is -4.21. The number of rotatable bonds is 7. The molecule has 0 bridgehead atoms. The molecule has 6 heteroatoms. The molecule has 1 aliphatic rings. The lowest BCUT2D eigenvalue weighted by Crippen LogP contribution is -2.51. The molecule has 0 aromatic carbocycles. The fourth-order valence-electron chi connectivity index (χ4n) is 2.27. The van der Waals surface area contributed by atoms with Crippen molar-refractivity contribution in [1.29, 1.82) is 0 Å². The summed E-state index contributed by atoms with van der Waals surface area (Å²) in [6.07, 6.45) is -1.28. The van der Waals surface area contributed by atoms with Crippen LogP contribution in [0, 0.1) is 0 Å². The lowest BCUT2D eigenvalue weighted by molar-refractivity contribution is -0.174. The number of nitrogens with one attached hydrogen (secondary N) is 1. The van der Waals surface area contributed by atoms with E-state index in [9.17, 15) is 13.2 Å². The van der Waals surface area contributed by atoms with Gasteiger partial charge in [-0.2, -0.15) is 13.2 Å². The van der Waals surface area contributed by atoms with Gasteiger partial charge in [0.2, 0.25) is 0 Å². The van der Waals surface area contributed by atoms with Crippen LogP contribution in [0.15, 0.2) is 0 Å². The van der Waals surface area contributed by atoms with Gasteiger partial charge in [-0.05, 0) is 12.8 Å². The van der Waals surface area contributed by atoms with Crippen LogP contribution in [0.2, 0.25) is 0 Å². The highest BCUT2D eigenvalue weighted by atomic mass is 19.4. The Kier molecular flexibility index (Phi) is 6.96. The van der Waals surface area contributed by atoms with Gasteiger partial charge in [-0.25, -0.2) is 0 Å². The van der Waals surface area contributed by atoms with E-state index in [0.717, 1.165) is 39.0 Å². The predicted molar refractivity (Wildman–Crippen MR) is 64.6 cm³/mol. The Bertz CT molecular complexity index is 222. The summed E-state index contributed by atoms with van der Waals surface area (Å²) in [6.45, 7) is 4.95. The zero-order chi connectivity index (χ0) is 13.4. The molecule has 1 aliphatic heterocycles. The SMILES string of the molecule is CCCC1CNCCN1CCCOCC(F)(F)F. The van der Waals surface area contributed by atoms with Crippen LogP contribution >= 0.6 is 0 Å². The van der Waals surface area contributed by atoms with Crippen LogP contribution in [0.25, 0.3) is 0 Å². The molecule has 0 aromatic heterocycles. The molecule has 0 radical (unpaired) electrons. The second-order valence-electron chi connectivity index (χ2n) is 4.70. The highest BCUT2D eigenvalue weighted by molar-refractivity contribution is 4.79. The van der Waals surface area contributed by atoms with E-state index >= 15 is 0 Å². The van der Waals surface area contributed by atoms with Crippen LogP contribution in [0.3, 0.4) is 0 Å². The molecule has 0 aromatic rings. The Morgan fingerprint density at radius 2 is 2.17 bits per heavy atom. The smallest absolute Gasteiger partial charge is 0.372 e. The van der Waals surface area contributed by atoms with Crippen molar-refractivity contribution in [2.24, 2.45) is 0 Å². The highest BCUT2D eigenvalue weighted by Crippen LogP contribution is 2.15. The Hall–Kier alpha value is -0.330. The Labute approximate surface area is 107 Å². The Morgan fingerprint density at radius 1 is 1.39 bits per heavy atom. The van der Waals surface area contributed by atoms with Crippen molar-refractivity contribution >= 4 is 0 Å². The summed E-state index contributed by atoms with van der Waals surface area (Å²) in [4.78, 5) is 2.36. The van der Waals surface area contributed by atoms with Gasteiger partial charge in [0.15, 0.2) is 0 Å². The average Bonchev–Trinajstić information content (AvgIpc) is 2.29. The van der Waals surface area contributed by atoms with E-state index in [1.807, 2.05) is 0 Å². The van der Waals surface area contributed by atoms with Crippen LogP contribution in [0.1, 0.15) is 26.2 Å². The van der Waals surface area contributed by atoms with E-state index in [1.54, 1.807) is 0 Å². The van der Waals surface area contributed by atoms with E-state index in [0.29, 0.717) is 12.5 Å². The monoisotopic (exact) mass is 268 g/mol. The molecule has 0 amide bonds. The third-order valence-corrected chi connectivity index (χ3v) is 3.09. The molecule has 18 heavy (non-hydrogen) atoms. The summed E-state index contributed by atoms with van der Waals surface area (Å²) in [7, 11) is 0. The second kappa shape index (κ2) is 7.96. The molecular weight excluding hydrogens is 245 g/mol. The maximum Gasteiger partial charge on any atom is 0.411 e. The fourth-order valence-corrected chi connectivity index (χ4v) is 2.27. The molecule has 1 heterocycles. The first-order chi connectivity index (χ1) is 8.53. The number of alkyl halides is 3. The molecule has 1 N–H and O–H groups in total. The standard InChI is InChI=1S/C12H23F3N2O/c1-2-4-11-9-16-5-7-17(11)6-3-8-18-10-12(13,14)15/h11,16H,2-10H2,1H3. The summed E-state index contributed by atoms with van der Waals surface area (Å²) >= 11 is 0. The van der Waals surface area contributed by atoms with E-state index in [2.05, 4.69) is 21.9 Å². The lowest BCUT2D eigenvalue weighted by atomic mass is 10.1. The van der Waals surface area contributed by atoms with Crippen molar-refractivity contribution in [3.05, 3.63) is 0 Å². The fraction of sp³-hybridized carbons (Fsp3) is 1.00. The lowest BCUT2D eigenvalue weighted by Gasteiger charge is -2.36. The van der Waals surface area contributed by atoms with Crippen molar-refractivity contribution in [1.82, 2.24) is 10.2 Å². The third-order valence-electron chi connectivity index (χ3n) is 3.09. The quantitative estimate of drug-likeness (QED) is 0.715. The minimum absolute atomic E-state index is 0.183. The molecule has 0 saturated carbocycles. The molecule has 108 valence electrons. The first-order valence-electron chi connectivity index (χ1n) is 6.62. The number of hydrogen-bond acceptors (Lipinski definition) is 3. The summed E-state index contributed by atoms with van der Waals surface area (Å²) < 4.78 is 40.2. The molecule has 1 fully saturated rings. The van der Waals surface area contributed by atoms with Crippen LogP contribution in [-0.4, -0.2) is 56.5 Å². The summed E-state index contributed by atoms with van der Waals surface area (Å²) in [5, 5.41) is 3.35. The zero-order valence-electron chi connectivity index (χ0n) is 10.9. The molecule has 3 nitrogen and oxygen atoms in total. The first kappa shape index (κ1) is 15.7. The van der Waals surface area contributed by atoms with Crippen LogP contribution in [0.5, 0.6) is 0 Å². The van der Waals surface area contributed by atoms with Gasteiger partial charge in [0.25, 0.3) is 0 Å². The van der Waals surface area contributed by atoms with Gasteiger partial charge in [0.05, 0.1) is 0 Å². The number of hydrogen-bond donors (Lipinski definition) is 1. The molecule has 0 spiro atoms. The molecule has 1 unspecified atom stereocenters. The molecule has 1 saturated heterocycles. The normalized spacial score (nSPS) is 22.3. The Morgan fingerprint density at radius 3 is 2.83 bits per heavy atom. The molecule has 0 aliphatic carbocycles. The van der Waals surface area contributed by atoms with Crippen LogP contribution in [-0.2, 0) is 4.74 Å². The predicted octanol–water partition coefficient (Wildman–Crippen LogP) is 2.03. The van der Waals surface area contributed by atoms with Gasteiger partial charge >= 0.3 is 6.18 Å². The first-order valence-corrected chi connectivity index (χ1v) is 6.62. The van der Waals surface area contributed by atoms with Crippen molar-refractivity contribution < 1.29 is 17.9 Å². The van der Waals surface area contributed by atoms with Gasteiger partial charge in [0.1, 0.15) is 6.61 Å². The second-order valence-corrected chi connectivity index (χ2v) is 4.70. The van der Waals surface area contributed by atoms with Crippen molar-refractivity contribution in [2.45, 2.75) is 38.4 Å². The van der Waals surface area contributed by atoms with Gasteiger partial charge < -0.3 is 10.1 Å². The topological polar surface area (TPSA) is 24.5 Å². The maximum absolute atomic E-state index is 11.9.